The maximum Gasteiger partial charge on any atom is 0.328 e. The lowest BCUT2D eigenvalue weighted by molar-refractivity contribution is -0.134. The topological polar surface area (TPSA) is 128 Å². The van der Waals surface area contributed by atoms with Crippen LogP contribution in [-0.2, 0) is 9.59 Å². The van der Waals surface area contributed by atoms with Crippen molar-refractivity contribution in [3.05, 3.63) is 79.2 Å². The summed E-state index contributed by atoms with van der Waals surface area (Å²) in [5.74, 6) is -3.30. The number of unbranched alkanes of at least 4 members (excludes halogenated alkanes) is 7. The highest BCUT2D eigenvalue weighted by Crippen LogP contribution is 2.27. The number of halogens is 1. The summed E-state index contributed by atoms with van der Waals surface area (Å²) >= 11 is 0. The molecule has 0 saturated carbocycles. The Bertz CT molecular complexity index is 1090. The second kappa shape index (κ2) is 24.7. The van der Waals surface area contributed by atoms with Crippen LogP contribution < -0.4 is 4.74 Å². The van der Waals surface area contributed by atoms with Crippen molar-refractivity contribution in [2.24, 2.45) is 0 Å². The predicted octanol–water partition coefficient (Wildman–Crippen LogP) is 6.50. The standard InChI is InChI=1S/C31H49FN2O3.C4H4O4/c1-6-9-10-11-12-13-14-15-20-31(36,34(5)22-8-3)26-29(35)27-18-19-30(28(32)25-27)37-24-17-16-23-33(4)21-7-2;5-3(6)1-2-4(7)8/h7-8,16-19,25,36H,2-3,6,9-15,20-24,26H2,1,4-5H3;1-2H,(H,5,6)(H,7,8). The Morgan fingerprint density at radius 3 is 2.00 bits per heavy atom. The van der Waals surface area contributed by atoms with Crippen LogP contribution in [0, 0.1) is 5.82 Å². The van der Waals surface area contributed by atoms with Gasteiger partial charge in [-0.1, -0.05) is 76.2 Å². The molecule has 0 fully saturated rings. The zero-order valence-corrected chi connectivity index (χ0v) is 27.3. The third-order valence-electron chi connectivity index (χ3n) is 6.97. The molecular weight excluding hydrogens is 579 g/mol. The molecule has 0 amide bonds. The molecule has 1 unspecified atom stereocenters. The zero-order chi connectivity index (χ0) is 34.1. The van der Waals surface area contributed by atoms with Gasteiger partial charge in [0.2, 0.25) is 0 Å². The Morgan fingerprint density at radius 1 is 0.889 bits per heavy atom. The maximum atomic E-state index is 14.7. The molecule has 0 aliphatic rings. The second-order valence-electron chi connectivity index (χ2n) is 10.9. The van der Waals surface area contributed by atoms with Crippen LogP contribution in [0.15, 0.2) is 67.8 Å². The molecule has 9 nitrogen and oxygen atoms in total. The summed E-state index contributed by atoms with van der Waals surface area (Å²) in [6.45, 7) is 11.9. The monoisotopic (exact) mass is 632 g/mol. The van der Waals surface area contributed by atoms with Gasteiger partial charge in [-0.25, -0.2) is 14.0 Å². The van der Waals surface area contributed by atoms with Crippen molar-refractivity contribution in [2.75, 3.05) is 40.3 Å². The highest BCUT2D eigenvalue weighted by atomic mass is 19.1. The van der Waals surface area contributed by atoms with Crippen molar-refractivity contribution in [1.82, 2.24) is 9.80 Å². The van der Waals surface area contributed by atoms with E-state index in [4.69, 9.17) is 14.9 Å². The number of ketones is 1. The van der Waals surface area contributed by atoms with Crippen LogP contribution in [0.2, 0.25) is 0 Å². The van der Waals surface area contributed by atoms with Crippen LogP contribution in [0.1, 0.15) is 81.5 Å². The number of rotatable bonds is 24. The van der Waals surface area contributed by atoms with E-state index in [1.807, 2.05) is 25.3 Å². The summed E-state index contributed by atoms with van der Waals surface area (Å²) < 4.78 is 20.2. The van der Waals surface area contributed by atoms with E-state index in [9.17, 15) is 23.9 Å². The smallest absolute Gasteiger partial charge is 0.328 e. The van der Waals surface area contributed by atoms with Crippen molar-refractivity contribution < 1.29 is 38.8 Å². The number of hydrogen-bond donors (Lipinski definition) is 3. The molecule has 1 aromatic rings. The summed E-state index contributed by atoms with van der Waals surface area (Å²) in [4.78, 5) is 36.0. The van der Waals surface area contributed by atoms with Crippen molar-refractivity contribution in [3.8, 4) is 5.75 Å². The van der Waals surface area contributed by atoms with Gasteiger partial charge in [0.05, 0.1) is 6.42 Å². The lowest BCUT2D eigenvalue weighted by atomic mass is 9.94. The quantitative estimate of drug-likeness (QED) is 0.0385. The second-order valence-corrected chi connectivity index (χ2v) is 10.9. The fourth-order valence-corrected chi connectivity index (χ4v) is 4.37. The number of nitrogens with zero attached hydrogens (tertiary/aromatic N) is 2. The first-order valence-electron chi connectivity index (χ1n) is 15.5. The first-order chi connectivity index (χ1) is 21.4. The van der Waals surface area contributed by atoms with Crippen LogP contribution in [-0.4, -0.2) is 88.9 Å². The fraction of sp³-hybridized carbons (Fsp3) is 0.514. The maximum absolute atomic E-state index is 14.7. The molecule has 0 heterocycles. The van der Waals surface area contributed by atoms with Gasteiger partial charge in [-0.3, -0.25) is 14.6 Å². The van der Waals surface area contributed by atoms with Crippen LogP contribution in [0.3, 0.4) is 0 Å². The van der Waals surface area contributed by atoms with E-state index < -0.39 is 23.5 Å². The summed E-state index contributed by atoms with van der Waals surface area (Å²) in [6.07, 6.45) is 18.1. The Balaban J connectivity index is 0.00000212. The van der Waals surface area contributed by atoms with Gasteiger partial charge in [0.1, 0.15) is 12.3 Å². The van der Waals surface area contributed by atoms with Gasteiger partial charge in [-0.2, -0.15) is 0 Å². The Hall–Kier alpha value is -3.60. The molecule has 1 rings (SSSR count). The summed E-state index contributed by atoms with van der Waals surface area (Å²) in [7, 11) is 3.77. The van der Waals surface area contributed by atoms with E-state index in [1.165, 1.54) is 44.2 Å². The van der Waals surface area contributed by atoms with E-state index in [2.05, 4.69) is 25.0 Å². The van der Waals surface area contributed by atoms with E-state index >= 15 is 0 Å². The van der Waals surface area contributed by atoms with E-state index in [-0.39, 0.29) is 30.1 Å². The van der Waals surface area contributed by atoms with Crippen LogP contribution >= 0.6 is 0 Å². The third kappa shape index (κ3) is 20.1. The fourth-order valence-electron chi connectivity index (χ4n) is 4.37. The number of benzene rings is 1. The molecule has 0 bridgehead atoms. The largest absolute Gasteiger partial charge is 0.486 e. The number of carbonyl (C=O) groups excluding carboxylic acids is 1. The first-order valence-corrected chi connectivity index (χ1v) is 15.5. The average molecular weight is 633 g/mol. The molecule has 1 atom stereocenters. The zero-order valence-electron chi connectivity index (χ0n) is 27.3. The highest BCUT2D eigenvalue weighted by molar-refractivity contribution is 5.96. The highest BCUT2D eigenvalue weighted by Gasteiger charge is 2.34. The lowest BCUT2D eigenvalue weighted by Crippen LogP contribution is -2.48. The Kier molecular flexibility index (Phi) is 22.7. The molecule has 0 spiro atoms. The minimum Gasteiger partial charge on any atom is -0.486 e. The first kappa shape index (κ1) is 41.4. The Morgan fingerprint density at radius 2 is 1.47 bits per heavy atom. The third-order valence-corrected chi connectivity index (χ3v) is 6.97. The van der Waals surface area contributed by atoms with Gasteiger partial charge < -0.3 is 20.1 Å². The average Bonchev–Trinajstić information content (AvgIpc) is 2.98. The number of carbonyl (C=O) groups is 3. The molecular formula is C35H53FN2O7. The number of carboxylic acids is 2. The molecule has 0 aromatic heterocycles. The molecule has 3 N–H and O–H groups in total. The van der Waals surface area contributed by atoms with Crippen molar-refractivity contribution in [1.29, 1.82) is 0 Å². The number of carboxylic acid groups (broad SMARTS) is 2. The molecule has 0 radical (unpaired) electrons. The number of likely N-dealkylation sites (N-methyl/N-ethyl adjacent to an activating group) is 2. The van der Waals surface area contributed by atoms with Crippen molar-refractivity contribution in [3.63, 3.8) is 0 Å². The van der Waals surface area contributed by atoms with Gasteiger partial charge >= 0.3 is 11.9 Å². The van der Waals surface area contributed by atoms with Gasteiger partial charge in [-0.05, 0) is 45.1 Å². The number of aliphatic carboxylic acids is 2. The molecule has 0 aliphatic heterocycles. The Labute approximate surface area is 268 Å². The molecule has 0 aliphatic carbocycles. The molecule has 1 aromatic carbocycles. The molecule has 45 heavy (non-hydrogen) atoms. The minimum absolute atomic E-state index is 0.0959. The SMILES string of the molecule is C=CCN(C)CC=CCOc1ccc(C(=O)CC(O)(CCCCCCCCCC)N(C)CC=C)cc1F.O=C(O)C=CC(=O)O. The van der Waals surface area contributed by atoms with Crippen LogP contribution in [0.5, 0.6) is 5.75 Å². The number of hydrogen-bond acceptors (Lipinski definition) is 7. The molecule has 10 heteroatoms. The summed E-state index contributed by atoms with van der Waals surface area (Å²) in [6, 6.07) is 4.24. The van der Waals surface area contributed by atoms with Gasteiger partial charge in [-0.15, -0.1) is 13.2 Å². The van der Waals surface area contributed by atoms with Gasteiger partial charge in [0.15, 0.2) is 17.3 Å². The molecule has 252 valence electrons. The summed E-state index contributed by atoms with van der Waals surface area (Å²) in [5, 5.41) is 27.0. The van der Waals surface area contributed by atoms with E-state index in [0.29, 0.717) is 25.1 Å². The van der Waals surface area contributed by atoms with Gasteiger partial charge in [0.25, 0.3) is 0 Å². The van der Waals surface area contributed by atoms with E-state index in [1.54, 1.807) is 24.1 Å². The van der Waals surface area contributed by atoms with Gasteiger partial charge in [0, 0.05) is 37.3 Å². The number of Topliss-reactive ketones (excluding diaryl/α,β-unsaturated/α-hetero) is 1. The molecule has 0 saturated heterocycles. The normalized spacial score (nSPS) is 12.6. The van der Waals surface area contributed by atoms with Crippen LogP contribution in [0.25, 0.3) is 0 Å². The predicted molar refractivity (Wildman–Crippen MR) is 177 cm³/mol. The van der Waals surface area contributed by atoms with Crippen molar-refractivity contribution in [2.45, 2.75) is 76.9 Å². The van der Waals surface area contributed by atoms with E-state index in [0.717, 1.165) is 32.4 Å². The summed E-state index contributed by atoms with van der Waals surface area (Å²) in [5.41, 5.74) is -1.07. The van der Waals surface area contributed by atoms with Crippen LogP contribution in [0.4, 0.5) is 4.39 Å². The minimum atomic E-state index is -1.30. The number of ether oxygens (including phenoxy) is 1. The van der Waals surface area contributed by atoms with Crippen molar-refractivity contribution >= 4 is 17.7 Å². The lowest BCUT2D eigenvalue weighted by Gasteiger charge is -2.36. The number of aliphatic hydroxyl groups is 1.